The molecule has 0 atom stereocenters. The molecule has 0 spiro atoms. The molecule has 0 saturated carbocycles. The lowest BCUT2D eigenvalue weighted by Crippen LogP contribution is -1.87. The Morgan fingerprint density at radius 2 is 1.56 bits per heavy atom. The molecule has 7 heteroatoms. The third kappa shape index (κ3) is 5.29. The summed E-state index contributed by atoms with van der Waals surface area (Å²) >= 11 is 8.40. The van der Waals surface area contributed by atoms with Crippen LogP contribution in [0.2, 0.25) is 0 Å². The predicted octanol–water partition coefficient (Wildman–Crippen LogP) is 1.30. The van der Waals surface area contributed by atoms with E-state index in [0.29, 0.717) is 0 Å². The fourth-order valence-corrected chi connectivity index (χ4v) is 1.37. The van der Waals surface area contributed by atoms with E-state index in [1.807, 2.05) is 0 Å². The Morgan fingerprint density at radius 1 is 1.22 bits per heavy atom. The molecule has 0 amide bonds. The Balaban J connectivity index is 3.58. The molecule has 0 aliphatic rings. The molecule has 0 radical (unpaired) electrons. The second-order valence-corrected chi connectivity index (χ2v) is 6.02. The second kappa shape index (κ2) is 4.62. The molecular weight excluding hydrogens is 183 g/mol. The lowest BCUT2D eigenvalue weighted by atomic mass is 11.8. The molecule has 4 nitrogen and oxygen atoms in total. The third-order valence-electron chi connectivity index (χ3n) is 0.337. The molecule has 0 aromatic rings. The number of thiol groups is 1. The van der Waals surface area contributed by atoms with E-state index in [2.05, 4.69) is 43.2 Å². The van der Waals surface area contributed by atoms with Gasteiger partial charge in [-0.1, -0.05) is 12.2 Å². The zero-order valence-corrected chi connectivity index (χ0v) is 7.54. The molecule has 0 unspecified atom stereocenters. The van der Waals surface area contributed by atoms with Gasteiger partial charge in [0.25, 0.3) is 0 Å². The predicted molar refractivity (Wildman–Crippen MR) is 39.5 cm³/mol. The summed E-state index contributed by atoms with van der Waals surface area (Å²) in [5.74, 6) is 0. The van der Waals surface area contributed by atoms with Crippen molar-refractivity contribution in [1.82, 2.24) is 0 Å². The quantitative estimate of drug-likeness (QED) is 0.313. The Morgan fingerprint density at radius 3 is 1.78 bits per heavy atom. The van der Waals surface area contributed by atoms with Crippen molar-refractivity contribution in [3.05, 3.63) is 0 Å². The lowest BCUT2D eigenvalue weighted by Gasteiger charge is -2.09. The molecule has 0 aromatic carbocycles. The summed E-state index contributed by atoms with van der Waals surface area (Å²) in [6.07, 6.45) is 0. The van der Waals surface area contributed by atoms with Gasteiger partial charge in [0.2, 0.25) is 0 Å². The molecule has 0 rings (SSSR count). The summed E-state index contributed by atoms with van der Waals surface area (Å²) in [7, 11) is 2.63. The maximum absolute atomic E-state index is 4.62. The van der Waals surface area contributed by atoms with Crippen molar-refractivity contribution in [2.75, 3.05) is 14.2 Å². The standard InChI is InChI=1S/C2H7O4PS2/c1-3-5-7(8,9)6-4-2/h1-2H3,(H,8,9). The van der Waals surface area contributed by atoms with E-state index >= 15 is 0 Å². The van der Waals surface area contributed by atoms with Crippen LogP contribution in [-0.4, -0.2) is 14.2 Å². The van der Waals surface area contributed by atoms with Crippen LogP contribution in [-0.2, 0) is 30.9 Å². The lowest BCUT2D eigenvalue weighted by molar-refractivity contribution is -0.226. The first-order valence-corrected chi connectivity index (χ1v) is 5.69. The van der Waals surface area contributed by atoms with Crippen LogP contribution in [0.3, 0.4) is 0 Å². The minimum absolute atomic E-state index is 1.32. The van der Waals surface area contributed by atoms with E-state index in [9.17, 15) is 0 Å². The molecule has 0 bridgehead atoms. The molecule has 0 aromatic heterocycles. The van der Waals surface area contributed by atoms with E-state index in [0.717, 1.165) is 0 Å². The Hall–Kier alpha value is 0.840. The van der Waals surface area contributed by atoms with Gasteiger partial charge in [0.1, 0.15) is 0 Å². The van der Waals surface area contributed by atoms with Gasteiger partial charge >= 0.3 is 5.69 Å². The normalized spacial score (nSPS) is 11.9. The van der Waals surface area contributed by atoms with Crippen molar-refractivity contribution in [3.8, 4) is 0 Å². The van der Waals surface area contributed by atoms with Crippen LogP contribution in [0.15, 0.2) is 0 Å². The van der Waals surface area contributed by atoms with Crippen molar-refractivity contribution in [1.29, 1.82) is 0 Å². The Labute approximate surface area is 63.6 Å². The summed E-state index contributed by atoms with van der Waals surface area (Å²) < 4.78 is 8.83. The van der Waals surface area contributed by atoms with Crippen LogP contribution in [0.5, 0.6) is 0 Å². The highest BCUT2D eigenvalue weighted by Crippen LogP contribution is 2.53. The van der Waals surface area contributed by atoms with Gasteiger partial charge in [-0.05, 0) is 11.8 Å². The third-order valence-corrected chi connectivity index (χ3v) is 1.78. The molecule has 9 heavy (non-hydrogen) atoms. The molecule has 0 heterocycles. The van der Waals surface area contributed by atoms with Crippen LogP contribution in [0.4, 0.5) is 0 Å². The van der Waals surface area contributed by atoms with Gasteiger partial charge in [0.05, 0.1) is 14.2 Å². The molecule has 56 valence electrons. The van der Waals surface area contributed by atoms with Crippen molar-refractivity contribution in [2.24, 2.45) is 0 Å². The van der Waals surface area contributed by atoms with E-state index in [4.69, 9.17) is 0 Å². The van der Waals surface area contributed by atoms with Gasteiger partial charge in [-0.15, -0.1) is 0 Å². The zero-order valence-electron chi connectivity index (χ0n) is 4.94. The van der Waals surface area contributed by atoms with Gasteiger partial charge in [-0.3, -0.25) is 0 Å². The summed E-state index contributed by atoms with van der Waals surface area (Å²) in [5.41, 5.74) is -2.61. The van der Waals surface area contributed by atoms with E-state index in [-0.39, 0.29) is 0 Å². The van der Waals surface area contributed by atoms with Gasteiger partial charge in [0.15, 0.2) is 0 Å². The van der Waals surface area contributed by atoms with Crippen molar-refractivity contribution < 1.29 is 19.1 Å². The topological polar surface area (TPSA) is 36.9 Å². The first-order chi connectivity index (χ1) is 4.12. The molecule has 0 aliphatic carbocycles. The van der Waals surface area contributed by atoms with Crippen LogP contribution in [0.25, 0.3) is 0 Å². The van der Waals surface area contributed by atoms with Gasteiger partial charge in [-0.2, -0.15) is 9.35 Å². The zero-order chi connectivity index (χ0) is 7.33. The smallest absolute Gasteiger partial charge is 0.233 e. The average molecular weight is 190 g/mol. The Kier molecular flexibility index (Phi) is 5.06. The highest BCUT2D eigenvalue weighted by Gasteiger charge is 2.13. The van der Waals surface area contributed by atoms with Gasteiger partial charge < -0.3 is 0 Å². The van der Waals surface area contributed by atoms with Crippen molar-refractivity contribution >= 4 is 29.7 Å². The first kappa shape index (κ1) is 9.84. The Bertz CT molecular complexity index is 107. The van der Waals surface area contributed by atoms with Crippen molar-refractivity contribution in [3.63, 3.8) is 0 Å². The average Bonchev–Trinajstić information content (AvgIpc) is 1.64. The van der Waals surface area contributed by atoms with Gasteiger partial charge in [-0.25, -0.2) is 9.78 Å². The largest absolute Gasteiger partial charge is 0.304 e. The number of hydrogen-bond donors (Lipinski definition) is 1. The minimum Gasteiger partial charge on any atom is -0.233 e. The molecule has 0 saturated heterocycles. The fourth-order valence-electron chi connectivity index (χ4n) is 0.201. The summed E-state index contributed by atoms with van der Waals surface area (Å²) in [6, 6.07) is 0. The second-order valence-electron chi connectivity index (χ2n) is 0.951. The maximum Gasteiger partial charge on any atom is 0.304 e. The summed E-state index contributed by atoms with van der Waals surface area (Å²) in [6.45, 7) is 0. The van der Waals surface area contributed by atoms with E-state index in [1.165, 1.54) is 14.2 Å². The van der Waals surface area contributed by atoms with Crippen LogP contribution in [0.1, 0.15) is 0 Å². The summed E-state index contributed by atoms with van der Waals surface area (Å²) in [4.78, 5) is 8.45. The highest BCUT2D eigenvalue weighted by atomic mass is 32.9. The van der Waals surface area contributed by atoms with Crippen LogP contribution in [0, 0.1) is 0 Å². The molecule has 0 N–H and O–H groups in total. The SMILES string of the molecule is COOP(=S)(S)OOC. The maximum atomic E-state index is 4.62. The monoisotopic (exact) mass is 190 g/mol. The first-order valence-electron chi connectivity index (χ1n) is 1.90. The number of hydrogen-bond acceptors (Lipinski definition) is 5. The minimum atomic E-state index is -2.61. The summed E-state index contributed by atoms with van der Waals surface area (Å²) in [5, 5.41) is 0. The number of rotatable bonds is 4. The van der Waals surface area contributed by atoms with Crippen LogP contribution < -0.4 is 0 Å². The molecule has 0 aliphatic heterocycles. The fraction of sp³-hybridized carbons (Fsp3) is 1.00. The van der Waals surface area contributed by atoms with Crippen molar-refractivity contribution in [2.45, 2.75) is 0 Å². The van der Waals surface area contributed by atoms with E-state index in [1.54, 1.807) is 0 Å². The van der Waals surface area contributed by atoms with Gasteiger partial charge in [0, 0.05) is 0 Å². The molecular formula is C2H7O4PS2. The van der Waals surface area contributed by atoms with E-state index < -0.39 is 5.69 Å². The molecule has 0 fully saturated rings. The van der Waals surface area contributed by atoms with Crippen LogP contribution >= 0.6 is 17.9 Å². The highest BCUT2D eigenvalue weighted by molar-refractivity contribution is 8.60.